The molecule has 0 aromatic carbocycles. The van der Waals surface area contributed by atoms with E-state index in [-0.39, 0.29) is 12.0 Å². The lowest BCUT2D eigenvalue weighted by atomic mass is 10.1. The highest BCUT2D eigenvalue weighted by molar-refractivity contribution is 5.55. The number of aliphatic hydroxyl groups excluding tert-OH is 1. The van der Waals surface area contributed by atoms with Crippen molar-refractivity contribution in [3.05, 3.63) is 11.3 Å². The molecule has 1 aromatic heterocycles. The number of nitrogens with zero attached hydrogens (tertiary/aromatic N) is 3. The van der Waals surface area contributed by atoms with Crippen LogP contribution in [0.5, 0.6) is 0 Å². The molecule has 1 fully saturated rings. The number of aryl methyl sites for hydroxylation is 2. The van der Waals surface area contributed by atoms with Crippen molar-refractivity contribution in [1.82, 2.24) is 9.78 Å². The number of anilines is 1. The minimum atomic E-state index is 0.0326. The van der Waals surface area contributed by atoms with Crippen LogP contribution in [-0.4, -0.2) is 28.0 Å². The van der Waals surface area contributed by atoms with Crippen LogP contribution in [0.2, 0.25) is 0 Å². The second-order valence-electron chi connectivity index (χ2n) is 4.56. The smallest absolute Gasteiger partial charge is 0.142 e. The van der Waals surface area contributed by atoms with Gasteiger partial charge in [-0.2, -0.15) is 10.4 Å². The molecule has 0 radical (unpaired) electrons. The maximum absolute atomic E-state index is 9.21. The van der Waals surface area contributed by atoms with Crippen molar-refractivity contribution < 1.29 is 5.11 Å². The quantitative estimate of drug-likeness (QED) is 0.786. The topological polar surface area (TPSA) is 73.9 Å². The fraction of sp³-hybridized carbons (Fsp3) is 0.636. The van der Waals surface area contributed by atoms with Crippen molar-refractivity contribution in [2.75, 3.05) is 18.5 Å². The summed E-state index contributed by atoms with van der Waals surface area (Å²) < 4.78 is 1.68. The van der Waals surface area contributed by atoms with Crippen molar-refractivity contribution in [2.45, 2.75) is 19.8 Å². The van der Waals surface area contributed by atoms with Gasteiger partial charge < -0.3 is 10.4 Å². The van der Waals surface area contributed by atoms with Gasteiger partial charge in [0.25, 0.3) is 0 Å². The van der Waals surface area contributed by atoms with Gasteiger partial charge >= 0.3 is 0 Å². The highest BCUT2D eigenvalue weighted by atomic mass is 16.3. The molecule has 1 heterocycles. The zero-order chi connectivity index (χ0) is 11.8. The number of nitrogens with one attached hydrogen (secondary N) is 1. The van der Waals surface area contributed by atoms with E-state index in [1.807, 2.05) is 14.0 Å². The first-order valence-corrected chi connectivity index (χ1v) is 5.40. The lowest BCUT2D eigenvalue weighted by molar-refractivity contribution is 0.219. The van der Waals surface area contributed by atoms with Gasteiger partial charge in [-0.05, 0) is 19.8 Å². The molecule has 1 aliphatic rings. The van der Waals surface area contributed by atoms with Crippen molar-refractivity contribution in [3.63, 3.8) is 0 Å². The summed E-state index contributed by atoms with van der Waals surface area (Å²) >= 11 is 0. The van der Waals surface area contributed by atoms with Gasteiger partial charge in [-0.1, -0.05) is 0 Å². The van der Waals surface area contributed by atoms with Crippen molar-refractivity contribution in [3.8, 4) is 6.07 Å². The van der Waals surface area contributed by atoms with E-state index in [2.05, 4.69) is 16.5 Å². The monoisotopic (exact) mass is 220 g/mol. The van der Waals surface area contributed by atoms with Gasteiger partial charge in [0.2, 0.25) is 0 Å². The van der Waals surface area contributed by atoms with E-state index < -0.39 is 0 Å². The van der Waals surface area contributed by atoms with Crippen LogP contribution in [0, 0.1) is 23.7 Å². The molecule has 2 N–H and O–H groups in total. The van der Waals surface area contributed by atoms with Gasteiger partial charge in [0, 0.05) is 19.0 Å². The predicted octanol–water partition coefficient (Wildman–Crippen LogP) is 0.785. The molecule has 1 aliphatic carbocycles. The molecule has 2 rings (SSSR count). The van der Waals surface area contributed by atoms with Crippen LogP contribution in [-0.2, 0) is 7.05 Å². The Kier molecular flexibility index (Phi) is 2.60. The first kappa shape index (κ1) is 11.0. The number of aliphatic hydroxyl groups is 1. The minimum absolute atomic E-state index is 0.0326. The zero-order valence-electron chi connectivity index (χ0n) is 9.62. The Morgan fingerprint density at radius 3 is 2.81 bits per heavy atom. The van der Waals surface area contributed by atoms with Crippen molar-refractivity contribution >= 4 is 5.82 Å². The molecule has 0 amide bonds. The van der Waals surface area contributed by atoms with E-state index in [9.17, 15) is 5.11 Å². The Labute approximate surface area is 94.7 Å². The largest absolute Gasteiger partial charge is 0.396 e. The van der Waals surface area contributed by atoms with E-state index >= 15 is 0 Å². The minimum Gasteiger partial charge on any atom is -0.396 e. The summed E-state index contributed by atoms with van der Waals surface area (Å²) in [5, 5.41) is 25.7. The maximum atomic E-state index is 9.21. The molecular weight excluding hydrogens is 204 g/mol. The molecule has 5 heteroatoms. The molecule has 86 valence electrons. The summed E-state index contributed by atoms with van der Waals surface area (Å²) in [5.41, 5.74) is 1.36. The Morgan fingerprint density at radius 1 is 1.62 bits per heavy atom. The summed E-state index contributed by atoms with van der Waals surface area (Å²) in [5.74, 6) is 0.750. The Hall–Kier alpha value is -1.54. The van der Waals surface area contributed by atoms with Crippen LogP contribution >= 0.6 is 0 Å². The Morgan fingerprint density at radius 2 is 2.31 bits per heavy atom. The first-order valence-electron chi connectivity index (χ1n) is 5.40. The molecule has 0 saturated heterocycles. The molecule has 1 aromatic rings. The molecule has 0 bridgehead atoms. The van der Waals surface area contributed by atoms with E-state index in [0.717, 1.165) is 24.4 Å². The Bertz CT molecular complexity index is 440. The van der Waals surface area contributed by atoms with E-state index in [4.69, 9.17) is 5.26 Å². The van der Waals surface area contributed by atoms with Crippen LogP contribution in [0.25, 0.3) is 0 Å². The van der Waals surface area contributed by atoms with Crippen LogP contribution in [0.4, 0.5) is 5.82 Å². The van der Waals surface area contributed by atoms with E-state index in [1.165, 1.54) is 0 Å². The molecule has 0 aliphatic heterocycles. The molecular formula is C11H16N4O. The molecule has 0 atom stereocenters. The van der Waals surface area contributed by atoms with Crippen LogP contribution in [0.3, 0.4) is 0 Å². The average Bonchev–Trinajstić information content (AvgIpc) is 2.98. The summed E-state index contributed by atoms with van der Waals surface area (Å²) in [6, 6.07) is 2.15. The van der Waals surface area contributed by atoms with Gasteiger partial charge in [0.1, 0.15) is 17.5 Å². The van der Waals surface area contributed by atoms with Crippen LogP contribution in [0.15, 0.2) is 0 Å². The molecule has 16 heavy (non-hydrogen) atoms. The van der Waals surface area contributed by atoms with Crippen molar-refractivity contribution in [2.24, 2.45) is 12.5 Å². The normalized spacial score (nSPS) is 16.9. The van der Waals surface area contributed by atoms with Crippen molar-refractivity contribution in [1.29, 1.82) is 5.26 Å². The van der Waals surface area contributed by atoms with Crippen LogP contribution < -0.4 is 5.32 Å². The fourth-order valence-corrected chi connectivity index (χ4v) is 1.83. The van der Waals surface area contributed by atoms with E-state index in [0.29, 0.717) is 12.1 Å². The molecule has 0 spiro atoms. The molecule has 1 saturated carbocycles. The number of hydrogen-bond acceptors (Lipinski definition) is 4. The highest BCUT2D eigenvalue weighted by Gasteiger charge is 2.42. The van der Waals surface area contributed by atoms with Gasteiger partial charge in [0.15, 0.2) is 0 Å². The third-order valence-corrected chi connectivity index (χ3v) is 3.26. The van der Waals surface area contributed by atoms with Gasteiger partial charge in [0.05, 0.1) is 12.3 Å². The number of nitriles is 1. The third kappa shape index (κ3) is 1.76. The standard InChI is InChI=1S/C11H16N4O/c1-8-9(5-12)10(15(2)14-8)13-6-11(7-16)3-4-11/h13,16H,3-4,6-7H2,1-2H3. The van der Waals surface area contributed by atoms with Gasteiger partial charge in [-0.15, -0.1) is 0 Å². The Balaban J connectivity index is 2.13. The average molecular weight is 220 g/mol. The summed E-state index contributed by atoms with van der Waals surface area (Å²) in [6.07, 6.45) is 2.10. The van der Waals surface area contributed by atoms with Gasteiger partial charge in [-0.3, -0.25) is 4.68 Å². The number of hydrogen-bond donors (Lipinski definition) is 2. The zero-order valence-corrected chi connectivity index (χ0v) is 9.62. The summed E-state index contributed by atoms with van der Waals surface area (Å²) in [4.78, 5) is 0. The second kappa shape index (κ2) is 3.80. The maximum Gasteiger partial charge on any atom is 0.142 e. The van der Waals surface area contributed by atoms with E-state index in [1.54, 1.807) is 4.68 Å². The predicted molar refractivity (Wildman–Crippen MR) is 59.9 cm³/mol. The highest BCUT2D eigenvalue weighted by Crippen LogP contribution is 2.45. The molecule has 5 nitrogen and oxygen atoms in total. The SMILES string of the molecule is Cc1nn(C)c(NCC2(CO)CC2)c1C#N. The van der Waals surface area contributed by atoms with Crippen LogP contribution in [0.1, 0.15) is 24.1 Å². The lowest BCUT2D eigenvalue weighted by Crippen LogP contribution is -2.20. The number of rotatable bonds is 4. The molecule has 0 unspecified atom stereocenters. The fourth-order valence-electron chi connectivity index (χ4n) is 1.83. The van der Waals surface area contributed by atoms with Gasteiger partial charge in [-0.25, -0.2) is 0 Å². The second-order valence-corrected chi connectivity index (χ2v) is 4.56. The number of aromatic nitrogens is 2. The third-order valence-electron chi connectivity index (χ3n) is 3.26. The summed E-state index contributed by atoms with van der Waals surface area (Å²) in [6.45, 7) is 2.73. The lowest BCUT2D eigenvalue weighted by Gasteiger charge is -2.13. The first-order chi connectivity index (χ1) is 7.62. The summed E-state index contributed by atoms with van der Waals surface area (Å²) in [7, 11) is 1.81.